The summed E-state index contributed by atoms with van der Waals surface area (Å²) < 4.78 is 0. The van der Waals surface area contributed by atoms with Crippen molar-refractivity contribution >= 4 is 23.4 Å². The molecule has 2 saturated heterocycles. The Morgan fingerprint density at radius 2 is 1.78 bits per heavy atom. The smallest absolute Gasteiger partial charge is 0.292 e. The number of para-hydroxylation sites is 1. The second-order valence-electron chi connectivity index (χ2n) is 6.21. The van der Waals surface area contributed by atoms with Crippen molar-refractivity contribution in [2.24, 2.45) is 5.73 Å². The van der Waals surface area contributed by atoms with Gasteiger partial charge in [-0.3, -0.25) is 14.4 Å². The maximum absolute atomic E-state index is 12.7. The highest BCUT2D eigenvalue weighted by Crippen LogP contribution is 2.21. The fourth-order valence-electron chi connectivity index (χ4n) is 3.50. The second-order valence-corrected chi connectivity index (χ2v) is 6.21. The molecule has 1 aromatic rings. The van der Waals surface area contributed by atoms with Crippen molar-refractivity contribution in [1.82, 2.24) is 0 Å². The van der Waals surface area contributed by atoms with Crippen molar-refractivity contribution in [2.45, 2.75) is 12.5 Å². The number of carbonyl (C=O) groups is 3. The Balaban J connectivity index is 1.65. The van der Waals surface area contributed by atoms with Crippen LogP contribution in [0.1, 0.15) is 6.42 Å². The number of amides is 3. The van der Waals surface area contributed by atoms with Crippen LogP contribution in [0.15, 0.2) is 30.3 Å². The first-order chi connectivity index (χ1) is 11.1. The minimum Gasteiger partial charge on any atom is -0.365 e. The summed E-state index contributed by atoms with van der Waals surface area (Å²) in [6.45, 7) is 3.47. The van der Waals surface area contributed by atoms with Crippen LogP contribution in [0.5, 0.6) is 0 Å². The molecule has 0 unspecified atom stereocenters. The summed E-state index contributed by atoms with van der Waals surface area (Å²) in [5.41, 5.74) is 5.87. The zero-order valence-corrected chi connectivity index (χ0v) is 13.0. The van der Waals surface area contributed by atoms with Gasteiger partial charge in [0.2, 0.25) is 5.91 Å². The van der Waals surface area contributed by atoms with Gasteiger partial charge in [-0.1, -0.05) is 18.2 Å². The number of piperazine rings is 1. The van der Waals surface area contributed by atoms with Gasteiger partial charge >= 0.3 is 0 Å². The molecule has 4 N–H and O–H groups in total. The van der Waals surface area contributed by atoms with E-state index in [0.29, 0.717) is 12.2 Å². The van der Waals surface area contributed by atoms with E-state index < -0.39 is 0 Å². The Labute approximate surface area is 134 Å². The summed E-state index contributed by atoms with van der Waals surface area (Å²) in [7, 11) is 0. The number of nitrogens with one attached hydrogen (secondary N) is 2. The molecule has 7 nitrogen and oxygen atoms in total. The van der Waals surface area contributed by atoms with Crippen molar-refractivity contribution in [3.63, 3.8) is 0 Å². The summed E-state index contributed by atoms with van der Waals surface area (Å²) >= 11 is 0. The Kier molecular flexibility index (Phi) is 4.40. The minimum absolute atomic E-state index is 0.116. The zero-order chi connectivity index (χ0) is 16.4. The Morgan fingerprint density at radius 3 is 2.39 bits per heavy atom. The number of carbonyl (C=O) groups excluding carboxylic acids is 3. The molecule has 1 atom stereocenters. The first-order valence-corrected chi connectivity index (χ1v) is 7.94. The first kappa shape index (κ1) is 15.6. The molecule has 1 aromatic carbocycles. The number of benzene rings is 1. The van der Waals surface area contributed by atoms with Gasteiger partial charge < -0.3 is 15.5 Å². The molecule has 3 amide bonds. The predicted molar refractivity (Wildman–Crippen MR) is 82.8 cm³/mol. The molecular formula is C16H22N4O3+2. The van der Waals surface area contributed by atoms with Gasteiger partial charge in [0.05, 0.1) is 12.1 Å². The number of imide groups is 1. The van der Waals surface area contributed by atoms with E-state index in [2.05, 4.69) is 0 Å². The molecule has 0 aliphatic carbocycles. The second kappa shape index (κ2) is 6.47. The third kappa shape index (κ3) is 3.25. The number of anilines is 1. The van der Waals surface area contributed by atoms with Crippen molar-refractivity contribution in [3.8, 4) is 0 Å². The molecular weight excluding hydrogens is 296 g/mol. The lowest BCUT2D eigenvalue weighted by atomic mass is 10.1. The van der Waals surface area contributed by atoms with Crippen molar-refractivity contribution in [3.05, 3.63) is 30.3 Å². The number of nitrogens with zero attached hydrogens (tertiary/aromatic N) is 1. The van der Waals surface area contributed by atoms with Crippen molar-refractivity contribution in [1.29, 1.82) is 0 Å². The third-order valence-electron chi connectivity index (χ3n) is 4.68. The van der Waals surface area contributed by atoms with Gasteiger partial charge in [0, 0.05) is 0 Å². The minimum atomic E-state index is -0.308. The van der Waals surface area contributed by atoms with E-state index >= 15 is 0 Å². The monoisotopic (exact) mass is 318 g/mol. The van der Waals surface area contributed by atoms with E-state index in [0.717, 1.165) is 36.0 Å². The van der Waals surface area contributed by atoms with E-state index in [1.54, 1.807) is 12.1 Å². The maximum atomic E-state index is 12.7. The van der Waals surface area contributed by atoms with Crippen LogP contribution in [0, 0.1) is 0 Å². The van der Waals surface area contributed by atoms with Crippen molar-refractivity contribution in [2.75, 3.05) is 37.6 Å². The van der Waals surface area contributed by atoms with Gasteiger partial charge in [-0.15, -0.1) is 0 Å². The number of hydrogen-bond acceptors (Lipinski definition) is 3. The molecule has 2 aliphatic heterocycles. The lowest BCUT2D eigenvalue weighted by molar-refractivity contribution is -1.02. The summed E-state index contributed by atoms with van der Waals surface area (Å²) in [5, 5.41) is 0. The molecule has 0 spiro atoms. The van der Waals surface area contributed by atoms with Gasteiger partial charge in [0.1, 0.15) is 26.2 Å². The fourth-order valence-corrected chi connectivity index (χ4v) is 3.50. The van der Waals surface area contributed by atoms with Crippen LogP contribution < -0.4 is 20.4 Å². The number of hydrogen-bond donors (Lipinski definition) is 3. The Hall–Kier alpha value is -2.25. The molecule has 2 aliphatic rings. The highest BCUT2D eigenvalue weighted by molar-refractivity contribution is 6.21. The molecule has 0 bridgehead atoms. The van der Waals surface area contributed by atoms with Gasteiger partial charge in [0.25, 0.3) is 11.8 Å². The Bertz CT molecular complexity index is 611. The SMILES string of the molecule is NC(=O)C[NH+]1CC[NH+]([C@H]2CC(=O)N(c3ccccc3)C2=O)CC1. The standard InChI is InChI=1S/C16H20N4O3/c17-14(21)11-18-6-8-19(9-7-18)13-10-15(22)20(16(13)23)12-4-2-1-3-5-12/h1-5,13H,6-11H2,(H2,17,21)/p+2/t13-/m0/s1. The van der Waals surface area contributed by atoms with E-state index in [1.165, 1.54) is 4.90 Å². The summed E-state index contributed by atoms with van der Waals surface area (Å²) in [6.07, 6.45) is 0.258. The normalized spacial score (nSPS) is 28.2. The van der Waals surface area contributed by atoms with Crippen LogP contribution in [-0.2, 0) is 14.4 Å². The lowest BCUT2D eigenvalue weighted by Gasteiger charge is -2.31. The lowest BCUT2D eigenvalue weighted by Crippen LogP contribution is -3.30. The predicted octanol–water partition coefficient (Wildman–Crippen LogP) is -3.41. The number of nitrogens with two attached hydrogens (primary N) is 1. The molecule has 0 saturated carbocycles. The van der Waals surface area contributed by atoms with Crippen LogP contribution in [0.25, 0.3) is 0 Å². The highest BCUT2D eigenvalue weighted by atomic mass is 16.2. The molecule has 0 radical (unpaired) electrons. The molecule has 2 fully saturated rings. The van der Waals surface area contributed by atoms with Crippen LogP contribution in [0.2, 0.25) is 0 Å². The van der Waals surface area contributed by atoms with Crippen LogP contribution in [0.3, 0.4) is 0 Å². The van der Waals surface area contributed by atoms with Gasteiger partial charge in [0.15, 0.2) is 12.6 Å². The number of rotatable bonds is 4. The van der Waals surface area contributed by atoms with E-state index in [9.17, 15) is 14.4 Å². The average molecular weight is 318 g/mol. The number of primary amides is 1. The largest absolute Gasteiger partial charge is 0.365 e. The Morgan fingerprint density at radius 1 is 1.13 bits per heavy atom. The fraction of sp³-hybridized carbons (Fsp3) is 0.438. The topological polar surface area (TPSA) is 89.3 Å². The van der Waals surface area contributed by atoms with Gasteiger partial charge in [-0.25, -0.2) is 4.90 Å². The van der Waals surface area contributed by atoms with E-state index in [1.807, 2.05) is 18.2 Å². The molecule has 7 heteroatoms. The molecule has 0 aromatic heterocycles. The number of quaternary nitrogens is 2. The van der Waals surface area contributed by atoms with Gasteiger partial charge in [-0.2, -0.15) is 0 Å². The quantitative estimate of drug-likeness (QED) is 0.505. The summed E-state index contributed by atoms with van der Waals surface area (Å²) in [6, 6.07) is 8.75. The van der Waals surface area contributed by atoms with Crippen molar-refractivity contribution < 1.29 is 24.2 Å². The highest BCUT2D eigenvalue weighted by Gasteiger charge is 2.46. The van der Waals surface area contributed by atoms with Crippen LogP contribution in [0.4, 0.5) is 5.69 Å². The zero-order valence-electron chi connectivity index (χ0n) is 13.0. The van der Waals surface area contributed by atoms with Gasteiger partial charge in [-0.05, 0) is 12.1 Å². The maximum Gasteiger partial charge on any atom is 0.292 e. The molecule has 23 heavy (non-hydrogen) atoms. The summed E-state index contributed by atoms with van der Waals surface area (Å²) in [5.74, 6) is -0.550. The van der Waals surface area contributed by atoms with E-state index in [-0.39, 0.29) is 30.2 Å². The summed E-state index contributed by atoms with van der Waals surface area (Å²) in [4.78, 5) is 39.5. The molecule has 122 valence electrons. The average Bonchev–Trinajstić information content (AvgIpc) is 2.83. The molecule has 3 rings (SSSR count). The van der Waals surface area contributed by atoms with Crippen LogP contribution in [-0.4, -0.2) is 56.5 Å². The first-order valence-electron chi connectivity index (χ1n) is 7.94. The third-order valence-corrected chi connectivity index (χ3v) is 4.68. The van der Waals surface area contributed by atoms with Crippen LogP contribution >= 0.6 is 0 Å². The van der Waals surface area contributed by atoms with E-state index in [4.69, 9.17) is 5.73 Å². The molecule has 2 heterocycles.